The molecular weight excluding hydrogens is 334 g/mol. The molecule has 0 aromatic heterocycles. The molecule has 2 aromatic rings. The van der Waals surface area contributed by atoms with Crippen molar-refractivity contribution >= 4 is 35.1 Å². The lowest BCUT2D eigenvalue weighted by molar-refractivity contribution is -0.115. The summed E-state index contributed by atoms with van der Waals surface area (Å²) in [5.41, 5.74) is 3.92. The first-order valence-electron chi connectivity index (χ1n) is 8.06. The fourth-order valence-corrected chi connectivity index (χ4v) is 3.07. The van der Waals surface area contributed by atoms with Crippen LogP contribution in [0.3, 0.4) is 0 Å². The zero-order valence-corrected chi connectivity index (χ0v) is 15.5. The van der Waals surface area contributed by atoms with E-state index in [0.717, 1.165) is 5.75 Å². The van der Waals surface area contributed by atoms with Crippen LogP contribution in [0.2, 0.25) is 0 Å². The van der Waals surface area contributed by atoms with E-state index in [4.69, 9.17) is 0 Å². The Labute approximate surface area is 152 Å². The number of hydrogen-bond donors (Lipinski definition) is 3. The van der Waals surface area contributed by atoms with Gasteiger partial charge in [0.25, 0.3) is 0 Å². The molecule has 2 rings (SSSR count). The molecule has 0 saturated carbocycles. The number of benzene rings is 2. The highest BCUT2D eigenvalue weighted by Crippen LogP contribution is 2.22. The third kappa shape index (κ3) is 6.15. The van der Waals surface area contributed by atoms with E-state index < -0.39 is 0 Å². The van der Waals surface area contributed by atoms with E-state index in [1.54, 1.807) is 43.1 Å². The molecule has 0 aliphatic heterocycles. The van der Waals surface area contributed by atoms with Crippen LogP contribution in [-0.2, 0) is 4.79 Å². The molecule has 0 bridgehead atoms. The Balaban J connectivity index is 1.77. The highest BCUT2D eigenvalue weighted by Gasteiger charge is 2.05. The number of aryl methyl sites for hydroxylation is 2. The van der Waals surface area contributed by atoms with Crippen LogP contribution in [-0.4, -0.2) is 24.7 Å². The van der Waals surface area contributed by atoms with E-state index in [9.17, 15) is 9.59 Å². The summed E-state index contributed by atoms with van der Waals surface area (Å²) in [6, 6.07) is 13.1. The minimum Gasteiger partial charge on any atom is -0.341 e. The average Bonchev–Trinajstić information content (AvgIpc) is 2.59. The second-order valence-electron chi connectivity index (χ2n) is 5.67. The summed E-state index contributed by atoms with van der Waals surface area (Å²) in [6.07, 6.45) is 0.440. The van der Waals surface area contributed by atoms with E-state index in [1.165, 1.54) is 16.0 Å². The molecule has 0 fully saturated rings. The van der Waals surface area contributed by atoms with Gasteiger partial charge in [-0.2, -0.15) is 0 Å². The zero-order chi connectivity index (χ0) is 18.2. The lowest BCUT2D eigenvalue weighted by Crippen LogP contribution is -2.24. The standard InChI is InChI=1S/C19H23N3O2S/c1-13-4-9-17(12-14(13)2)25-11-10-18(23)21-15-5-7-16(8-6-15)22-19(24)20-3/h4-9,12H,10-11H2,1-3H3,(H,21,23)(H2,20,22,24). The summed E-state index contributed by atoms with van der Waals surface area (Å²) in [5.74, 6) is 0.702. The molecule has 5 nitrogen and oxygen atoms in total. The normalized spacial score (nSPS) is 10.2. The number of thioether (sulfide) groups is 1. The van der Waals surface area contributed by atoms with Gasteiger partial charge in [-0.25, -0.2) is 4.79 Å². The second-order valence-corrected chi connectivity index (χ2v) is 6.84. The van der Waals surface area contributed by atoms with Gasteiger partial charge in [0.05, 0.1) is 0 Å². The molecule has 0 atom stereocenters. The lowest BCUT2D eigenvalue weighted by atomic mass is 10.1. The first-order chi connectivity index (χ1) is 12.0. The molecule has 3 amide bonds. The van der Waals surface area contributed by atoms with Gasteiger partial charge in [0, 0.05) is 35.5 Å². The maximum atomic E-state index is 12.0. The van der Waals surface area contributed by atoms with Gasteiger partial charge >= 0.3 is 6.03 Å². The Morgan fingerprint density at radius 3 is 2.16 bits per heavy atom. The number of nitrogens with one attached hydrogen (secondary N) is 3. The highest BCUT2D eigenvalue weighted by molar-refractivity contribution is 7.99. The number of amides is 3. The largest absolute Gasteiger partial charge is 0.341 e. The number of hydrogen-bond acceptors (Lipinski definition) is 3. The van der Waals surface area contributed by atoms with Crippen molar-refractivity contribution in [1.82, 2.24) is 5.32 Å². The topological polar surface area (TPSA) is 70.2 Å². The van der Waals surface area contributed by atoms with Crippen LogP contribution < -0.4 is 16.0 Å². The molecule has 0 unspecified atom stereocenters. The molecule has 0 spiro atoms. The molecule has 0 aliphatic rings. The Morgan fingerprint density at radius 1 is 0.920 bits per heavy atom. The number of rotatable bonds is 6. The lowest BCUT2D eigenvalue weighted by Gasteiger charge is -2.08. The van der Waals surface area contributed by atoms with Crippen molar-refractivity contribution < 1.29 is 9.59 Å². The summed E-state index contributed by atoms with van der Waals surface area (Å²) in [6.45, 7) is 4.18. The van der Waals surface area contributed by atoms with Gasteiger partial charge < -0.3 is 16.0 Å². The highest BCUT2D eigenvalue weighted by atomic mass is 32.2. The fraction of sp³-hybridized carbons (Fsp3) is 0.263. The van der Waals surface area contributed by atoms with Gasteiger partial charge in [0.15, 0.2) is 0 Å². The summed E-state index contributed by atoms with van der Waals surface area (Å²) in [5, 5.41) is 8.01. The van der Waals surface area contributed by atoms with Crippen molar-refractivity contribution in [3.05, 3.63) is 53.6 Å². The predicted octanol–water partition coefficient (Wildman–Crippen LogP) is 4.18. The van der Waals surface area contributed by atoms with Gasteiger partial charge in [0.1, 0.15) is 0 Å². The molecule has 0 radical (unpaired) electrons. The van der Waals surface area contributed by atoms with Gasteiger partial charge in [-0.3, -0.25) is 4.79 Å². The SMILES string of the molecule is CNC(=O)Nc1ccc(NC(=O)CCSc2ccc(C)c(C)c2)cc1. The number of carbonyl (C=O) groups is 2. The molecule has 132 valence electrons. The van der Waals surface area contributed by atoms with E-state index >= 15 is 0 Å². The van der Waals surface area contributed by atoms with Gasteiger partial charge in [0.2, 0.25) is 5.91 Å². The van der Waals surface area contributed by atoms with Crippen molar-refractivity contribution in [2.24, 2.45) is 0 Å². The molecule has 0 heterocycles. The quantitative estimate of drug-likeness (QED) is 0.679. The monoisotopic (exact) mass is 357 g/mol. The molecule has 3 N–H and O–H groups in total. The second kappa shape index (κ2) is 9.13. The Hall–Kier alpha value is -2.47. The van der Waals surface area contributed by atoms with Crippen LogP contribution in [0.5, 0.6) is 0 Å². The van der Waals surface area contributed by atoms with Gasteiger partial charge in [-0.1, -0.05) is 6.07 Å². The number of carbonyl (C=O) groups excluding carboxylic acids is 2. The molecule has 25 heavy (non-hydrogen) atoms. The minimum atomic E-state index is -0.278. The average molecular weight is 357 g/mol. The molecule has 0 saturated heterocycles. The molecule has 0 aliphatic carbocycles. The predicted molar refractivity (Wildman–Crippen MR) is 104 cm³/mol. The van der Waals surface area contributed by atoms with Crippen LogP contribution >= 0.6 is 11.8 Å². The van der Waals surface area contributed by atoms with Crippen LogP contribution in [0.4, 0.5) is 16.2 Å². The Morgan fingerprint density at radius 2 is 1.56 bits per heavy atom. The Kier molecular flexibility index (Phi) is 6.89. The van der Waals surface area contributed by atoms with Crippen LogP contribution in [0, 0.1) is 13.8 Å². The van der Waals surface area contributed by atoms with E-state index in [0.29, 0.717) is 17.8 Å². The summed E-state index contributed by atoms with van der Waals surface area (Å²) in [7, 11) is 1.56. The molecule has 6 heteroatoms. The number of anilines is 2. The van der Waals surface area contributed by atoms with Crippen molar-refractivity contribution in [3.63, 3.8) is 0 Å². The molecule has 2 aromatic carbocycles. The fourth-order valence-electron chi connectivity index (χ4n) is 2.12. The van der Waals surface area contributed by atoms with Gasteiger partial charge in [-0.15, -0.1) is 11.8 Å². The third-order valence-electron chi connectivity index (χ3n) is 3.73. The molecular formula is C19H23N3O2S. The minimum absolute atomic E-state index is 0.0247. The summed E-state index contributed by atoms with van der Waals surface area (Å²) < 4.78 is 0. The maximum Gasteiger partial charge on any atom is 0.318 e. The third-order valence-corrected chi connectivity index (χ3v) is 4.73. The smallest absolute Gasteiger partial charge is 0.318 e. The van der Waals surface area contributed by atoms with Crippen LogP contribution in [0.1, 0.15) is 17.5 Å². The van der Waals surface area contributed by atoms with Crippen molar-refractivity contribution in [2.75, 3.05) is 23.4 Å². The van der Waals surface area contributed by atoms with E-state index in [-0.39, 0.29) is 11.9 Å². The zero-order valence-electron chi connectivity index (χ0n) is 14.7. The first kappa shape index (κ1) is 18.9. The summed E-state index contributed by atoms with van der Waals surface area (Å²) >= 11 is 1.68. The maximum absolute atomic E-state index is 12.0. The number of urea groups is 1. The van der Waals surface area contributed by atoms with Crippen LogP contribution in [0.15, 0.2) is 47.4 Å². The van der Waals surface area contributed by atoms with Crippen molar-refractivity contribution in [3.8, 4) is 0 Å². The van der Waals surface area contributed by atoms with Crippen LogP contribution in [0.25, 0.3) is 0 Å². The van der Waals surface area contributed by atoms with E-state index in [2.05, 4.69) is 48.0 Å². The van der Waals surface area contributed by atoms with Crippen molar-refractivity contribution in [2.45, 2.75) is 25.2 Å². The van der Waals surface area contributed by atoms with Gasteiger partial charge in [-0.05, 0) is 61.4 Å². The van der Waals surface area contributed by atoms with E-state index in [1.807, 2.05) is 0 Å². The first-order valence-corrected chi connectivity index (χ1v) is 9.05. The summed E-state index contributed by atoms with van der Waals surface area (Å²) in [4.78, 5) is 24.4. The van der Waals surface area contributed by atoms with Crippen molar-refractivity contribution in [1.29, 1.82) is 0 Å². The Bertz CT molecular complexity index is 745.